The normalized spacial score (nSPS) is 16.4. The number of hydrogen-bond acceptors (Lipinski definition) is 3. The average molecular weight is 389 g/mol. The van der Waals surface area contributed by atoms with Gasteiger partial charge >= 0.3 is 0 Å². The van der Waals surface area contributed by atoms with Crippen molar-refractivity contribution in [2.75, 3.05) is 0 Å². The van der Waals surface area contributed by atoms with Crippen LogP contribution in [0.3, 0.4) is 0 Å². The summed E-state index contributed by atoms with van der Waals surface area (Å²) < 4.78 is 39.0. The quantitative estimate of drug-likeness (QED) is 0.615. The van der Waals surface area contributed by atoms with Crippen LogP contribution in [0.25, 0.3) is 0 Å². The van der Waals surface area contributed by atoms with Crippen molar-refractivity contribution in [3.63, 3.8) is 0 Å². The van der Waals surface area contributed by atoms with E-state index in [9.17, 15) is 17.6 Å². The number of hydrogen-bond donors (Lipinski definition) is 2. The van der Waals surface area contributed by atoms with Gasteiger partial charge in [0.2, 0.25) is 15.7 Å². The molecule has 0 radical (unpaired) electrons. The van der Waals surface area contributed by atoms with E-state index in [1.165, 1.54) is 24.3 Å². The van der Waals surface area contributed by atoms with Crippen LogP contribution in [0.5, 0.6) is 0 Å². The van der Waals surface area contributed by atoms with Gasteiger partial charge in [0.25, 0.3) is 0 Å². The number of carbonyl (C=O) groups is 1. The van der Waals surface area contributed by atoms with Crippen molar-refractivity contribution in [2.24, 2.45) is 16.5 Å². The molecule has 4 N–H and O–H groups in total. The van der Waals surface area contributed by atoms with Crippen molar-refractivity contribution < 1.29 is 17.6 Å². The fraction of sp³-hybridized carbons (Fsp3) is 0.263. The minimum absolute atomic E-state index is 0.0599. The Hall–Kier alpha value is -2.74. The number of sulfone groups is 1. The largest absolute Gasteiger partial charge is 0.370 e. The van der Waals surface area contributed by atoms with Crippen LogP contribution >= 0.6 is 0 Å². The van der Waals surface area contributed by atoms with Crippen molar-refractivity contribution in [3.05, 3.63) is 59.4 Å². The first kappa shape index (κ1) is 19.0. The molecule has 1 amide bonds. The molecule has 142 valence electrons. The zero-order valence-electron chi connectivity index (χ0n) is 14.6. The van der Waals surface area contributed by atoms with Gasteiger partial charge in [0.05, 0.1) is 9.79 Å². The number of amides is 1. The van der Waals surface area contributed by atoms with E-state index in [1.807, 2.05) is 0 Å². The number of aliphatic imine (C=N–C) groups is 1. The average Bonchev–Trinajstić information content (AvgIpc) is 2.61. The van der Waals surface area contributed by atoms with Gasteiger partial charge in [-0.15, -0.1) is 0 Å². The summed E-state index contributed by atoms with van der Waals surface area (Å²) in [4.78, 5) is 15.5. The third-order valence-corrected chi connectivity index (χ3v) is 6.39. The van der Waals surface area contributed by atoms with E-state index in [2.05, 4.69) is 4.99 Å². The van der Waals surface area contributed by atoms with Crippen LogP contribution in [0.2, 0.25) is 0 Å². The number of rotatable bonds is 4. The molecule has 1 atom stereocenters. The summed E-state index contributed by atoms with van der Waals surface area (Å²) in [5.41, 5.74) is 12.3. The molecule has 0 bridgehead atoms. The lowest BCUT2D eigenvalue weighted by Crippen LogP contribution is -2.25. The maximum Gasteiger partial charge on any atom is 0.249 e. The number of benzene rings is 2. The molecule has 0 aliphatic heterocycles. The van der Waals surface area contributed by atoms with Crippen molar-refractivity contribution in [1.29, 1.82) is 0 Å². The topological polar surface area (TPSA) is 116 Å². The molecule has 1 aliphatic carbocycles. The fourth-order valence-electron chi connectivity index (χ4n) is 3.44. The molecule has 0 spiro atoms. The minimum Gasteiger partial charge on any atom is -0.370 e. The zero-order valence-corrected chi connectivity index (χ0v) is 15.4. The van der Waals surface area contributed by atoms with Crippen LogP contribution in [0.1, 0.15) is 36.3 Å². The van der Waals surface area contributed by atoms with Gasteiger partial charge in [-0.3, -0.25) is 4.79 Å². The second-order valence-electron chi connectivity index (χ2n) is 6.55. The Morgan fingerprint density at radius 1 is 1.15 bits per heavy atom. The summed E-state index contributed by atoms with van der Waals surface area (Å²) >= 11 is 0. The molecule has 0 unspecified atom stereocenters. The highest BCUT2D eigenvalue weighted by Gasteiger charge is 2.25. The highest BCUT2D eigenvalue weighted by molar-refractivity contribution is 7.91. The van der Waals surface area contributed by atoms with E-state index in [4.69, 9.17) is 11.5 Å². The SMILES string of the molecule is NC(N)=NC(=O)C[C@@H]1CCCc2cc(S(=O)(=O)c3cccc(F)c3)ccc21. The lowest BCUT2D eigenvalue weighted by atomic mass is 9.81. The van der Waals surface area contributed by atoms with Gasteiger partial charge in [-0.25, -0.2) is 12.8 Å². The number of guanidine groups is 1. The first-order valence-electron chi connectivity index (χ1n) is 8.53. The Balaban J connectivity index is 1.93. The van der Waals surface area contributed by atoms with Gasteiger partial charge in [0.15, 0.2) is 5.96 Å². The maximum atomic E-state index is 13.4. The van der Waals surface area contributed by atoms with Crippen LogP contribution in [-0.2, 0) is 21.1 Å². The molecule has 2 aromatic rings. The van der Waals surface area contributed by atoms with Gasteiger partial charge in [0, 0.05) is 6.42 Å². The minimum atomic E-state index is -3.81. The van der Waals surface area contributed by atoms with E-state index in [0.29, 0.717) is 0 Å². The monoisotopic (exact) mass is 389 g/mol. The second kappa shape index (κ2) is 7.48. The van der Waals surface area contributed by atoms with E-state index < -0.39 is 21.6 Å². The number of nitrogens with two attached hydrogens (primary N) is 2. The summed E-state index contributed by atoms with van der Waals surface area (Å²) in [5, 5.41) is 0. The molecule has 0 aromatic heterocycles. The summed E-state index contributed by atoms with van der Waals surface area (Å²) in [6.07, 6.45) is 2.51. The highest BCUT2D eigenvalue weighted by Crippen LogP contribution is 2.36. The highest BCUT2D eigenvalue weighted by atomic mass is 32.2. The van der Waals surface area contributed by atoms with Gasteiger partial charge in [-0.05, 0) is 66.6 Å². The molecule has 3 rings (SSSR count). The standard InChI is InChI=1S/C19H20FN3O3S/c20-14-5-2-6-15(11-14)27(25,26)16-7-8-17-12(9-16)3-1-4-13(17)10-18(24)23-19(21)22/h2,5-9,11,13H,1,3-4,10H2,(H4,21,22,23,24)/t13-/m0/s1. The van der Waals surface area contributed by atoms with Crippen LogP contribution in [0, 0.1) is 5.82 Å². The molecule has 0 saturated carbocycles. The molecule has 0 fully saturated rings. The number of fused-ring (bicyclic) bond motifs is 1. The number of nitrogens with zero attached hydrogens (tertiary/aromatic N) is 1. The molecular formula is C19H20FN3O3S. The van der Waals surface area contributed by atoms with E-state index in [1.54, 1.807) is 12.1 Å². The predicted molar refractivity (Wildman–Crippen MR) is 99.4 cm³/mol. The molecular weight excluding hydrogens is 369 g/mol. The van der Waals surface area contributed by atoms with Crippen LogP contribution < -0.4 is 11.5 Å². The lowest BCUT2D eigenvalue weighted by molar-refractivity contribution is -0.118. The summed E-state index contributed by atoms with van der Waals surface area (Å²) in [6.45, 7) is 0. The van der Waals surface area contributed by atoms with Crippen molar-refractivity contribution in [1.82, 2.24) is 0 Å². The lowest BCUT2D eigenvalue weighted by Gasteiger charge is -2.25. The van der Waals surface area contributed by atoms with E-state index in [-0.39, 0.29) is 28.1 Å². The summed E-state index contributed by atoms with van der Waals surface area (Å²) in [7, 11) is -3.81. The third kappa shape index (κ3) is 4.16. The third-order valence-electron chi connectivity index (χ3n) is 4.64. The smallest absolute Gasteiger partial charge is 0.249 e. The van der Waals surface area contributed by atoms with Gasteiger partial charge in [-0.2, -0.15) is 4.99 Å². The van der Waals surface area contributed by atoms with Crippen molar-refractivity contribution in [3.8, 4) is 0 Å². The molecule has 27 heavy (non-hydrogen) atoms. The predicted octanol–water partition coefficient (Wildman–Crippen LogP) is 2.27. The van der Waals surface area contributed by atoms with E-state index >= 15 is 0 Å². The van der Waals surface area contributed by atoms with Gasteiger partial charge in [0.1, 0.15) is 5.82 Å². The summed E-state index contributed by atoms with van der Waals surface area (Å²) in [6, 6.07) is 9.79. The Morgan fingerprint density at radius 3 is 2.59 bits per heavy atom. The molecule has 0 saturated heterocycles. The van der Waals surface area contributed by atoms with Gasteiger partial charge in [-0.1, -0.05) is 12.1 Å². The first-order valence-corrected chi connectivity index (χ1v) is 10.0. The van der Waals surface area contributed by atoms with Gasteiger partial charge < -0.3 is 11.5 Å². The van der Waals surface area contributed by atoms with Crippen LogP contribution in [0.4, 0.5) is 4.39 Å². The molecule has 8 heteroatoms. The maximum absolute atomic E-state index is 13.4. The Bertz CT molecular complexity index is 1010. The number of halogens is 1. The van der Waals surface area contributed by atoms with Crippen molar-refractivity contribution >= 4 is 21.7 Å². The molecule has 2 aromatic carbocycles. The fourth-order valence-corrected chi connectivity index (χ4v) is 4.78. The van der Waals surface area contributed by atoms with Crippen molar-refractivity contribution in [2.45, 2.75) is 41.4 Å². The molecule has 1 aliphatic rings. The summed E-state index contributed by atoms with van der Waals surface area (Å²) in [5.74, 6) is -1.33. The number of aryl methyl sites for hydroxylation is 1. The zero-order chi connectivity index (χ0) is 19.6. The first-order chi connectivity index (χ1) is 12.8. The van der Waals surface area contributed by atoms with Crippen LogP contribution in [-0.4, -0.2) is 20.3 Å². The van der Waals surface area contributed by atoms with E-state index in [0.717, 1.165) is 36.5 Å². The molecule has 0 heterocycles. The second-order valence-corrected chi connectivity index (χ2v) is 8.49. The molecule has 6 nitrogen and oxygen atoms in total. The Morgan fingerprint density at radius 2 is 1.89 bits per heavy atom. The van der Waals surface area contributed by atoms with Crippen LogP contribution in [0.15, 0.2) is 57.2 Å². The number of carbonyl (C=O) groups excluding carboxylic acids is 1. The Kier molecular flexibility index (Phi) is 5.27. The Labute approximate surface area is 157 Å².